The Hall–Kier alpha value is -1.35. The second-order valence-corrected chi connectivity index (χ2v) is 6.05. The summed E-state index contributed by atoms with van der Waals surface area (Å²) in [5.74, 6) is 0.780. The molecule has 0 amide bonds. The van der Waals surface area contributed by atoms with Crippen LogP contribution in [0.5, 0.6) is 0 Å². The Kier molecular flexibility index (Phi) is 5.80. The molecule has 1 aliphatic rings. The van der Waals surface area contributed by atoms with E-state index in [2.05, 4.69) is 25.2 Å². The number of carbonyl (C=O) groups excluding carboxylic acids is 1. The van der Waals surface area contributed by atoms with Crippen molar-refractivity contribution in [2.45, 2.75) is 45.4 Å². The SMILES string of the molecule is CCCNCC(C)C1CCCc2cccc(C(=O)OC)c21. The van der Waals surface area contributed by atoms with E-state index in [1.54, 1.807) is 0 Å². The van der Waals surface area contributed by atoms with Crippen LogP contribution in [0.1, 0.15) is 60.5 Å². The molecule has 0 aromatic heterocycles. The fourth-order valence-electron chi connectivity index (χ4n) is 3.43. The molecule has 0 saturated carbocycles. The van der Waals surface area contributed by atoms with Crippen LogP contribution in [0.3, 0.4) is 0 Å². The Balaban J connectivity index is 2.26. The number of hydrogen-bond acceptors (Lipinski definition) is 3. The number of methoxy groups -OCH3 is 1. The van der Waals surface area contributed by atoms with Gasteiger partial charge in [-0.1, -0.05) is 26.0 Å². The first-order chi connectivity index (χ1) is 10.2. The third-order valence-corrected chi connectivity index (χ3v) is 4.51. The molecule has 3 heteroatoms. The third kappa shape index (κ3) is 3.65. The zero-order valence-electron chi connectivity index (χ0n) is 13.4. The minimum atomic E-state index is -0.201. The van der Waals surface area contributed by atoms with Crippen molar-refractivity contribution in [3.05, 3.63) is 34.9 Å². The van der Waals surface area contributed by atoms with E-state index in [0.717, 1.165) is 37.9 Å². The van der Waals surface area contributed by atoms with E-state index >= 15 is 0 Å². The van der Waals surface area contributed by atoms with Crippen molar-refractivity contribution in [1.29, 1.82) is 0 Å². The van der Waals surface area contributed by atoms with Gasteiger partial charge in [0.2, 0.25) is 0 Å². The van der Waals surface area contributed by atoms with Crippen molar-refractivity contribution >= 4 is 5.97 Å². The highest BCUT2D eigenvalue weighted by Crippen LogP contribution is 2.39. The van der Waals surface area contributed by atoms with Crippen LogP contribution in [0.4, 0.5) is 0 Å². The lowest BCUT2D eigenvalue weighted by molar-refractivity contribution is 0.0598. The largest absolute Gasteiger partial charge is 0.465 e. The Bertz CT molecular complexity index is 484. The van der Waals surface area contributed by atoms with E-state index in [4.69, 9.17) is 4.74 Å². The zero-order valence-corrected chi connectivity index (χ0v) is 13.4. The number of fused-ring (bicyclic) bond motifs is 1. The van der Waals surface area contributed by atoms with Crippen molar-refractivity contribution in [2.75, 3.05) is 20.2 Å². The van der Waals surface area contributed by atoms with Crippen LogP contribution in [0.2, 0.25) is 0 Å². The van der Waals surface area contributed by atoms with Crippen LogP contribution in [-0.4, -0.2) is 26.2 Å². The van der Waals surface area contributed by atoms with Crippen molar-refractivity contribution in [1.82, 2.24) is 5.32 Å². The number of hydrogen-bond donors (Lipinski definition) is 1. The van der Waals surface area contributed by atoms with Gasteiger partial charge in [0.1, 0.15) is 0 Å². The lowest BCUT2D eigenvalue weighted by Gasteiger charge is -2.32. The molecule has 2 atom stereocenters. The number of carbonyl (C=O) groups is 1. The summed E-state index contributed by atoms with van der Waals surface area (Å²) in [5, 5.41) is 3.51. The van der Waals surface area contributed by atoms with Gasteiger partial charge >= 0.3 is 5.97 Å². The monoisotopic (exact) mass is 289 g/mol. The average molecular weight is 289 g/mol. The molecular formula is C18H27NO2. The van der Waals surface area contributed by atoms with Gasteiger partial charge in [0.15, 0.2) is 0 Å². The molecule has 3 nitrogen and oxygen atoms in total. The van der Waals surface area contributed by atoms with Gasteiger partial charge in [-0.2, -0.15) is 0 Å². The Morgan fingerprint density at radius 3 is 3.00 bits per heavy atom. The van der Waals surface area contributed by atoms with Crippen molar-refractivity contribution in [3.8, 4) is 0 Å². The van der Waals surface area contributed by atoms with E-state index in [-0.39, 0.29) is 5.97 Å². The predicted molar refractivity (Wildman–Crippen MR) is 85.8 cm³/mol. The van der Waals surface area contributed by atoms with Crippen LogP contribution in [0.15, 0.2) is 18.2 Å². The van der Waals surface area contributed by atoms with E-state index in [1.165, 1.54) is 24.7 Å². The van der Waals surface area contributed by atoms with Crippen LogP contribution < -0.4 is 5.32 Å². The molecule has 0 spiro atoms. The molecule has 2 rings (SSSR count). The molecule has 1 aromatic carbocycles. The van der Waals surface area contributed by atoms with E-state index in [9.17, 15) is 4.79 Å². The summed E-state index contributed by atoms with van der Waals surface area (Å²) in [6, 6.07) is 6.06. The van der Waals surface area contributed by atoms with Gasteiger partial charge in [-0.3, -0.25) is 0 Å². The number of benzene rings is 1. The molecule has 0 aliphatic heterocycles. The van der Waals surface area contributed by atoms with Crippen LogP contribution in [0, 0.1) is 5.92 Å². The van der Waals surface area contributed by atoms with Gasteiger partial charge in [-0.15, -0.1) is 0 Å². The zero-order chi connectivity index (χ0) is 15.2. The summed E-state index contributed by atoms with van der Waals surface area (Å²) in [4.78, 5) is 12.1. The van der Waals surface area contributed by atoms with E-state index in [1.807, 2.05) is 12.1 Å². The number of aryl methyl sites for hydroxylation is 1. The Morgan fingerprint density at radius 2 is 2.29 bits per heavy atom. The molecule has 0 saturated heterocycles. The van der Waals surface area contributed by atoms with Crippen molar-refractivity contribution in [3.63, 3.8) is 0 Å². The molecule has 0 heterocycles. The first-order valence-corrected chi connectivity index (χ1v) is 8.09. The lowest BCUT2D eigenvalue weighted by atomic mass is 9.74. The summed E-state index contributed by atoms with van der Waals surface area (Å²) in [7, 11) is 1.46. The highest BCUT2D eigenvalue weighted by molar-refractivity contribution is 5.91. The second-order valence-electron chi connectivity index (χ2n) is 6.05. The molecular weight excluding hydrogens is 262 g/mol. The van der Waals surface area contributed by atoms with Crippen LogP contribution in [-0.2, 0) is 11.2 Å². The fraction of sp³-hybridized carbons (Fsp3) is 0.611. The number of nitrogens with one attached hydrogen (secondary N) is 1. The number of rotatable bonds is 6. The molecule has 1 aromatic rings. The summed E-state index contributed by atoms with van der Waals surface area (Å²) < 4.78 is 4.97. The topological polar surface area (TPSA) is 38.3 Å². The summed E-state index contributed by atoms with van der Waals surface area (Å²) in [5.41, 5.74) is 3.33. The standard InChI is InChI=1S/C18H27NO2/c1-4-11-19-12-13(2)15-9-5-7-14-8-6-10-16(17(14)15)18(20)21-3/h6,8,10,13,15,19H,4-5,7,9,11-12H2,1-3H3. The molecule has 1 N–H and O–H groups in total. The maximum absolute atomic E-state index is 12.1. The maximum atomic E-state index is 12.1. The Labute approximate surface area is 128 Å². The van der Waals surface area contributed by atoms with Crippen LogP contribution in [0.25, 0.3) is 0 Å². The summed E-state index contributed by atoms with van der Waals surface area (Å²) in [6.45, 7) is 6.54. The highest BCUT2D eigenvalue weighted by atomic mass is 16.5. The third-order valence-electron chi connectivity index (χ3n) is 4.51. The molecule has 0 fully saturated rings. The lowest BCUT2D eigenvalue weighted by Crippen LogP contribution is -2.29. The molecule has 1 aliphatic carbocycles. The Morgan fingerprint density at radius 1 is 1.48 bits per heavy atom. The minimum absolute atomic E-state index is 0.201. The van der Waals surface area contributed by atoms with Gasteiger partial charge in [-0.05, 0) is 67.8 Å². The van der Waals surface area contributed by atoms with Crippen LogP contribution >= 0.6 is 0 Å². The normalized spacial score (nSPS) is 18.9. The molecule has 2 unspecified atom stereocenters. The quantitative estimate of drug-likeness (QED) is 0.643. The minimum Gasteiger partial charge on any atom is -0.465 e. The van der Waals surface area contributed by atoms with Gasteiger partial charge in [0, 0.05) is 0 Å². The van der Waals surface area contributed by atoms with Gasteiger partial charge in [-0.25, -0.2) is 4.79 Å². The van der Waals surface area contributed by atoms with E-state index < -0.39 is 0 Å². The predicted octanol–water partition coefficient (Wildman–Crippen LogP) is 3.53. The van der Waals surface area contributed by atoms with Gasteiger partial charge in [0.05, 0.1) is 12.7 Å². The first kappa shape index (κ1) is 16.0. The molecule has 21 heavy (non-hydrogen) atoms. The van der Waals surface area contributed by atoms with Gasteiger partial charge in [0.25, 0.3) is 0 Å². The second kappa shape index (κ2) is 7.60. The molecule has 0 bridgehead atoms. The summed E-state index contributed by atoms with van der Waals surface area (Å²) >= 11 is 0. The average Bonchev–Trinajstić information content (AvgIpc) is 2.53. The highest BCUT2D eigenvalue weighted by Gasteiger charge is 2.29. The van der Waals surface area contributed by atoms with Crippen molar-refractivity contribution in [2.24, 2.45) is 5.92 Å². The maximum Gasteiger partial charge on any atom is 0.338 e. The smallest absolute Gasteiger partial charge is 0.338 e. The summed E-state index contributed by atoms with van der Waals surface area (Å²) in [6.07, 6.45) is 4.60. The molecule has 116 valence electrons. The molecule has 0 radical (unpaired) electrons. The number of ether oxygens (including phenoxy) is 1. The first-order valence-electron chi connectivity index (χ1n) is 8.09. The van der Waals surface area contributed by atoms with Gasteiger partial charge < -0.3 is 10.1 Å². The number of esters is 1. The van der Waals surface area contributed by atoms with E-state index in [0.29, 0.717) is 11.8 Å². The van der Waals surface area contributed by atoms with Crippen molar-refractivity contribution < 1.29 is 9.53 Å². The fourth-order valence-corrected chi connectivity index (χ4v) is 3.43.